The molecular formula is C15H14FNO. The Morgan fingerprint density at radius 1 is 1.22 bits per heavy atom. The molecule has 2 nitrogen and oxygen atoms in total. The van der Waals surface area contributed by atoms with Crippen molar-refractivity contribution in [2.45, 2.75) is 12.8 Å². The molecule has 92 valence electrons. The van der Waals surface area contributed by atoms with Gasteiger partial charge in [0, 0.05) is 11.6 Å². The van der Waals surface area contributed by atoms with Crippen LogP contribution >= 0.6 is 0 Å². The molecule has 1 aliphatic heterocycles. The average molecular weight is 243 g/mol. The molecule has 0 spiro atoms. The maximum atomic E-state index is 12.8. The van der Waals surface area contributed by atoms with Gasteiger partial charge in [0.15, 0.2) is 0 Å². The summed E-state index contributed by atoms with van der Waals surface area (Å²) >= 11 is 0. The largest absolute Gasteiger partial charge is 0.493 e. The minimum Gasteiger partial charge on any atom is -0.493 e. The number of fused-ring (bicyclic) bond motifs is 1. The third-order valence-electron chi connectivity index (χ3n) is 3.24. The van der Waals surface area contributed by atoms with Gasteiger partial charge in [-0.05, 0) is 36.6 Å². The second kappa shape index (κ2) is 4.77. The van der Waals surface area contributed by atoms with Crippen LogP contribution in [0.1, 0.15) is 11.3 Å². The van der Waals surface area contributed by atoms with Crippen molar-refractivity contribution in [3.63, 3.8) is 0 Å². The highest BCUT2D eigenvalue weighted by Crippen LogP contribution is 2.28. The lowest BCUT2D eigenvalue weighted by Gasteiger charge is -2.24. The minimum atomic E-state index is -0.288. The quantitative estimate of drug-likeness (QED) is 0.809. The highest BCUT2D eigenvalue weighted by atomic mass is 19.1. The fourth-order valence-corrected chi connectivity index (χ4v) is 2.34. The second-order valence-electron chi connectivity index (χ2n) is 4.66. The molecule has 0 amide bonds. The number of rotatable bonds is 2. The van der Waals surface area contributed by atoms with Gasteiger partial charge in [0.05, 0.1) is 12.8 Å². The molecule has 0 aliphatic carbocycles. The molecule has 1 atom stereocenters. The molecule has 1 aromatic heterocycles. The van der Waals surface area contributed by atoms with E-state index in [-0.39, 0.29) is 5.82 Å². The van der Waals surface area contributed by atoms with Crippen molar-refractivity contribution in [2.75, 3.05) is 6.61 Å². The Morgan fingerprint density at radius 2 is 2.11 bits per heavy atom. The van der Waals surface area contributed by atoms with E-state index in [0.29, 0.717) is 12.5 Å². The van der Waals surface area contributed by atoms with Crippen molar-refractivity contribution in [3.8, 4) is 5.75 Å². The van der Waals surface area contributed by atoms with Crippen LogP contribution in [-0.2, 0) is 12.8 Å². The van der Waals surface area contributed by atoms with Gasteiger partial charge in [-0.1, -0.05) is 18.2 Å². The molecule has 2 heterocycles. The van der Waals surface area contributed by atoms with Gasteiger partial charge >= 0.3 is 0 Å². The molecule has 1 aliphatic rings. The Hall–Kier alpha value is -1.90. The third-order valence-corrected chi connectivity index (χ3v) is 3.24. The minimum absolute atomic E-state index is 0.288. The monoisotopic (exact) mass is 243 g/mol. The number of para-hydroxylation sites is 1. The average Bonchev–Trinajstić information content (AvgIpc) is 2.41. The molecule has 3 rings (SSSR count). The zero-order valence-corrected chi connectivity index (χ0v) is 9.97. The van der Waals surface area contributed by atoms with Gasteiger partial charge in [-0.25, -0.2) is 4.39 Å². The predicted molar refractivity (Wildman–Crippen MR) is 67.0 cm³/mol. The SMILES string of the molecule is Fc1ccc(C[C@H]2COc3ccccc3C2)nc1. The van der Waals surface area contributed by atoms with Crippen LogP contribution in [0, 0.1) is 11.7 Å². The van der Waals surface area contributed by atoms with E-state index in [2.05, 4.69) is 11.1 Å². The summed E-state index contributed by atoms with van der Waals surface area (Å²) in [7, 11) is 0. The van der Waals surface area contributed by atoms with E-state index < -0.39 is 0 Å². The fourth-order valence-electron chi connectivity index (χ4n) is 2.34. The van der Waals surface area contributed by atoms with E-state index in [4.69, 9.17) is 4.74 Å². The number of hydrogen-bond donors (Lipinski definition) is 0. The highest BCUT2D eigenvalue weighted by molar-refractivity contribution is 5.35. The fraction of sp³-hybridized carbons (Fsp3) is 0.267. The third kappa shape index (κ3) is 2.35. The van der Waals surface area contributed by atoms with Crippen molar-refractivity contribution in [1.82, 2.24) is 4.98 Å². The van der Waals surface area contributed by atoms with E-state index in [0.717, 1.165) is 24.3 Å². The Labute approximate surface area is 105 Å². The van der Waals surface area contributed by atoms with Gasteiger partial charge in [-0.3, -0.25) is 4.98 Å². The van der Waals surface area contributed by atoms with Gasteiger partial charge in [0.1, 0.15) is 11.6 Å². The number of ether oxygens (including phenoxy) is 1. The van der Waals surface area contributed by atoms with Gasteiger partial charge in [-0.15, -0.1) is 0 Å². The molecule has 0 unspecified atom stereocenters. The van der Waals surface area contributed by atoms with E-state index >= 15 is 0 Å². The number of pyridine rings is 1. The maximum Gasteiger partial charge on any atom is 0.141 e. The van der Waals surface area contributed by atoms with Crippen LogP contribution in [0.3, 0.4) is 0 Å². The lowest BCUT2D eigenvalue weighted by molar-refractivity contribution is 0.220. The molecule has 18 heavy (non-hydrogen) atoms. The number of halogens is 1. The van der Waals surface area contributed by atoms with Crippen LogP contribution in [0.2, 0.25) is 0 Å². The normalized spacial score (nSPS) is 17.9. The van der Waals surface area contributed by atoms with Crippen molar-refractivity contribution in [3.05, 3.63) is 59.7 Å². The van der Waals surface area contributed by atoms with Crippen LogP contribution < -0.4 is 4.74 Å². The number of aromatic nitrogens is 1. The Bertz CT molecular complexity index is 538. The topological polar surface area (TPSA) is 22.1 Å². The molecule has 0 N–H and O–H groups in total. The molecular weight excluding hydrogens is 229 g/mol. The van der Waals surface area contributed by atoms with Gasteiger partial charge in [0.25, 0.3) is 0 Å². The summed E-state index contributed by atoms with van der Waals surface area (Å²) in [6.45, 7) is 0.704. The summed E-state index contributed by atoms with van der Waals surface area (Å²) in [5.41, 5.74) is 2.17. The zero-order valence-electron chi connectivity index (χ0n) is 9.97. The standard InChI is InChI=1S/C15H14FNO/c16-13-5-6-14(17-9-13)8-11-7-12-3-1-2-4-15(12)18-10-11/h1-6,9,11H,7-8,10H2/t11-/m0/s1. The van der Waals surface area contributed by atoms with Gasteiger partial charge in [0.2, 0.25) is 0 Å². The Balaban J connectivity index is 1.71. The van der Waals surface area contributed by atoms with Crippen LogP contribution in [-0.4, -0.2) is 11.6 Å². The smallest absolute Gasteiger partial charge is 0.141 e. The first-order chi connectivity index (χ1) is 8.81. The zero-order chi connectivity index (χ0) is 12.4. The molecule has 0 saturated heterocycles. The Morgan fingerprint density at radius 3 is 2.94 bits per heavy atom. The Kier molecular flexibility index (Phi) is 2.97. The highest BCUT2D eigenvalue weighted by Gasteiger charge is 2.20. The summed E-state index contributed by atoms with van der Waals surface area (Å²) < 4.78 is 18.5. The molecule has 0 bridgehead atoms. The first-order valence-electron chi connectivity index (χ1n) is 6.12. The maximum absolute atomic E-state index is 12.8. The predicted octanol–water partition coefficient (Wildman–Crippen LogP) is 3.01. The number of benzene rings is 1. The van der Waals surface area contributed by atoms with E-state index in [1.165, 1.54) is 17.8 Å². The summed E-state index contributed by atoms with van der Waals surface area (Å²) in [5.74, 6) is 1.11. The van der Waals surface area contributed by atoms with E-state index in [1.807, 2.05) is 18.2 Å². The van der Waals surface area contributed by atoms with Crippen molar-refractivity contribution in [1.29, 1.82) is 0 Å². The summed E-state index contributed by atoms with van der Waals surface area (Å²) in [4.78, 5) is 4.10. The summed E-state index contributed by atoms with van der Waals surface area (Å²) in [5, 5.41) is 0. The van der Waals surface area contributed by atoms with Crippen molar-refractivity contribution in [2.24, 2.45) is 5.92 Å². The van der Waals surface area contributed by atoms with E-state index in [9.17, 15) is 4.39 Å². The van der Waals surface area contributed by atoms with Crippen LogP contribution in [0.5, 0.6) is 5.75 Å². The molecule has 0 saturated carbocycles. The van der Waals surface area contributed by atoms with Crippen molar-refractivity contribution < 1.29 is 9.13 Å². The summed E-state index contributed by atoms with van der Waals surface area (Å²) in [6, 6.07) is 11.3. The van der Waals surface area contributed by atoms with Crippen molar-refractivity contribution >= 4 is 0 Å². The van der Waals surface area contributed by atoms with Crippen LogP contribution in [0.15, 0.2) is 42.6 Å². The summed E-state index contributed by atoms with van der Waals surface area (Å²) in [6.07, 6.45) is 3.09. The number of nitrogens with zero attached hydrogens (tertiary/aromatic N) is 1. The van der Waals surface area contributed by atoms with Crippen LogP contribution in [0.25, 0.3) is 0 Å². The molecule has 0 fully saturated rings. The number of hydrogen-bond acceptors (Lipinski definition) is 2. The first kappa shape index (κ1) is 11.2. The van der Waals surface area contributed by atoms with Gasteiger partial charge < -0.3 is 4.74 Å². The molecule has 0 radical (unpaired) electrons. The molecule has 3 heteroatoms. The van der Waals surface area contributed by atoms with Crippen LogP contribution in [0.4, 0.5) is 4.39 Å². The lowest BCUT2D eigenvalue weighted by Crippen LogP contribution is -2.23. The molecule has 2 aromatic rings. The first-order valence-corrected chi connectivity index (χ1v) is 6.12. The van der Waals surface area contributed by atoms with E-state index in [1.54, 1.807) is 6.07 Å². The van der Waals surface area contributed by atoms with Gasteiger partial charge in [-0.2, -0.15) is 0 Å². The lowest BCUT2D eigenvalue weighted by atomic mass is 9.93. The second-order valence-corrected chi connectivity index (χ2v) is 4.66. The molecule has 1 aromatic carbocycles.